The third kappa shape index (κ3) is 2.73. The summed E-state index contributed by atoms with van der Waals surface area (Å²) in [6, 6.07) is 6.81. The highest BCUT2D eigenvalue weighted by molar-refractivity contribution is 8.13. The molecule has 0 aliphatic carbocycles. The second-order valence-electron chi connectivity index (χ2n) is 3.56. The number of amides is 2. The summed E-state index contributed by atoms with van der Waals surface area (Å²) in [6.45, 7) is 0.314. The number of hydrogen-bond donors (Lipinski definition) is 2. The van der Waals surface area contributed by atoms with E-state index < -0.39 is 0 Å². The van der Waals surface area contributed by atoms with Gasteiger partial charge in [-0.3, -0.25) is 25.6 Å². The minimum Gasteiger partial charge on any atom is -1.00 e. The van der Waals surface area contributed by atoms with Crippen LogP contribution in [0.3, 0.4) is 0 Å². The molecule has 0 saturated carbocycles. The quantitative estimate of drug-likeness (QED) is 0.337. The Kier molecular flexibility index (Phi) is 4.92. The van der Waals surface area contributed by atoms with Gasteiger partial charge in [0.2, 0.25) is 0 Å². The highest BCUT2D eigenvalue weighted by atomic mass is 79.9. The maximum atomic E-state index is 11.9. The molecule has 0 bridgehead atoms. The Balaban J connectivity index is 0.00000162. The summed E-state index contributed by atoms with van der Waals surface area (Å²) in [5.74, 6) is 0.0111. The van der Waals surface area contributed by atoms with E-state index in [4.69, 9.17) is 11.1 Å². The van der Waals surface area contributed by atoms with Gasteiger partial charge in [0, 0.05) is 12.3 Å². The first kappa shape index (κ1) is 14.7. The van der Waals surface area contributed by atoms with E-state index in [2.05, 4.69) is 0 Å². The van der Waals surface area contributed by atoms with Crippen molar-refractivity contribution in [1.82, 2.24) is 4.90 Å². The number of carbonyl (C=O) groups is 2. The van der Waals surface area contributed by atoms with E-state index in [0.717, 1.165) is 0 Å². The van der Waals surface area contributed by atoms with E-state index in [9.17, 15) is 9.59 Å². The number of imide groups is 1. The fourth-order valence-electron chi connectivity index (χ4n) is 1.70. The van der Waals surface area contributed by atoms with Gasteiger partial charge in [0.05, 0.1) is 11.1 Å². The third-order valence-corrected chi connectivity index (χ3v) is 3.18. The molecule has 5 nitrogen and oxygen atoms in total. The lowest BCUT2D eigenvalue weighted by Crippen LogP contribution is -3.00. The van der Waals surface area contributed by atoms with E-state index in [0.29, 0.717) is 23.4 Å². The molecule has 1 aliphatic rings. The van der Waals surface area contributed by atoms with Gasteiger partial charge in [-0.25, -0.2) is 0 Å². The maximum absolute atomic E-state index is 11.9. The third-order valence-electron chi connectivity index (χ3n) is 2.46. The molecule has 96 valence electrons. The smallest absolute Gasteiger partial charge is 0.299 e. The molecule has 0 spiro atoms. The van der Waals surface area contributed by atoms with Crippen molar-refractivity contribution in [3.8, 4) is 0 Å². The van der Waals surface area contributed by atoms with Crippen LogP contribution in [0, 0.1) is 0 Å². The molecule has 1 aromatic rings. The minimum absolute atomic E-state index is 0. The molecule has 2 rings (SSSR count). The number of nitrogens with two attached hydrogens (primary N) is 2. The first-order valence-electron chi connectivity index (χ1n) is 5.07. The van der Waals surface area contributed by atoms with Crippen LogP contribution in [0.2, 0.25) is 0 Å². The predicted octanol–water partition coefficient (Wildman–Crippen LogP) is -3.91. The first-order valence-corrected chi connectivity index (χ1v) is 6.05. The molecule has 0 radical (unpaired) electrons. The van der Waals surface area contributed by atoms with Crippen molar-refractivity contribution in [2.24, 2.45) is 5.73 Å². The Labute approximate surface area is 119 Å². The molecular weight excluding hydrogens is 318 g/mol. The Hall–Kier alpha value is -1.34. The van der Waals surface area contributed by atoms with Gasteiger partial charge in [0.15, 0.2) is 0 Å². The van der Waals surface area contributed by atoms with E-state index in [1.807, 2.05) is 0 Å². The van der Waals surface area contributed by atoms with Crippen LogP contribution in [0.4, 0.5) is 0 Å². The van der Waals surface area contributed by atoms with Gasteiger partial charge in [-0.05, 0) is 23.9 Å². The van der Waals surface area contributed by atoms with Crippen molar-refractivity contribution < 1.29 is 32.0 Å². The lowest BCUT2D eigenvalue weighted by Gasteiger charge is -2.11. The minimum atomic E-state index is -0.248. The summed E-state index contributed by atoms with van der Waals surface area (Å²) in [5, 5.41) is 5.54. The van der Waals surface area contributed by atoms with Crippen molar-refractivity contribution in [2.45, 2.75) is 0 Å². The van der Waals surface area contributed by atoms with Crippen molar-refractivity contribution in [3.05, 3.63) is 35.4 Å². The number of amidine groups is 1. The predicted molar refractivity (Wildman–Crippen MR) is 65.4 cm³/mol. The van der Waals surface area contributed by atoms with Crippen molar-refractivity contribution in [2.75, 3.05) is 12.3 Å². The van der Waals surface area contributed by atoms with E-state index in [1.165, 1.54) is 16.7 Å². The van der Waals surface area contributed by atoms with Crippen LogP contribution in [0.1, 0.15) is 20.7 Å². The summed E-state index contributed by atoms with van der Waals surface area (Å²) in [5.41, 5.74) is 6.23. The van der Waals surface area contributed by atoms with Crippen LogP contribution < -0.4 is 28.1 Å². The van der Waals surface area contributed by atoms with Crippen LogP contribution in [0.15, 0.2) is 24.3 Å². The van der Waals surface area contributed by atoms with Gasteiger partial charge in [-0.1, -0.05) is 12.1 Å². The van der Waals surface area contributed by atoms with Gasteiger partial charge in [-0.2, -0.15) is 0 Å². The molecule has 0 fully saturated rings. The maximum Gasteiger partial charge on any atom is 0.299 e. The van der Waals surface area contributed by atoms with Gasteiger partial charge in [0.25, 0.3) is 17.0 Å². The zero-order chi connectivity index (χ0) is 12.4. The average Bonchev–Trinajstić information content (AvgIpc) is 2.54. The van der Waals surface area contributed by atoms with Crippen LogP contribution in [-0.4, -0.2) is 34.2 Å². The van der Waals surface area contributed by atoms with Gasteiger partial charge in [0.1, 0.15) is 0 Å². The number of halogens is 1. The number of rotatable bonds is 3. The largest absolute Gasteiger partial charge is 1.00 e. The lowest BCUT2D eigenvalue weighted by molar-refractivity contribution is -0.110. The van der Waals surface area contributed by atoms with Gasteiger partial charge < -0.3 is 17.0 Å². The van der Waals surface area contributed by atoms with Crippen LogP contribution in [0.5, 0.6) is 0 Å². The van der Waals surface area contributed by atoms with Crippen molar-refractivity contribution in [1.29, 1.82) is 0 Å². The summed E-state index contributed by atoms with van der Waals surface area (Å²) in [7, 11) is 0. The van der Waals surface area contributed by atoms with Crippen LogP contribution in [-0.2, 0) is 0 Å². The van der Waals surface area contributed by atoms with Crippen molar-refractivity contribution >= 4 is 28.7 Å². The topological polar surface area (TPSA) is 89.0 Å². The highest BCUT2D eigenvalue weighted by Gasteiger charge is 2.34. The molecule has 1 aliphatic heterocycles. The summed E-state index contributed by atoms with van der Waals surface area (Å²) in [6.07, 6.45) is 0. The van der Waals surface area contributed by atoms with Crippen LogP contribution in [0.25, 0.3) is 0 Å². The zero-order valence-corrected chi connectivity index (χ0v) is 11.8. The molecule has 18 heavy (non-hydrogen) atoms. The second kappa shape index (κ2) is 6.01. The van der Waals surface area contributed by atoms with Crippen LogP contribution >= 0.6 is 11.8 Å². The van der Waals surface area contributed by atoms with E-state index in [1.54, 1.807) is 24.3 Å². The van der Waals surface area contributed by atoms with E-state index in [-0.39, 0.29) is 34.0 Å². The molecule has 0 saturated heterocycles. The zero-order valence-electron chi connectivity index (χ0n) is 9.43. The van der Waals surface area contributed by atoms with Crippen molar-refractivity contribution in [3.63, 3.8) is 0 Å². The Bertz CT molecular complexity index is 472. The molecular formula is C11H12BrN3O2S. The average molecular weight is 330 g/mol. The first-order chi connectivity index (χ1) is 8.11. The summed E-state index contributed by atoms with van der Waals surface area (Å²) in [4.78, 5) is 25.0. The van der Waals surface area contributed by atoms with Gasteiger partial charge in [-0.15, -0.1) is 0 Å². The summed E-state index contributed by atoms with van der Waals surface area (Å²) >= 11 is 1.23. The fourth-order valence-corrected chi connectivity index (χ4v) is 2.21. The molecule has 1 heterocycles. The second-order valence-corrected chi connectivity index (χ2v) is 4.73. The normalized spacial score (nSPS) is 13.2. The number of hydrogen-bond acceptors (Lipinski definition) is 3. The molecule has 1 aromatic carbocycles. The SMILES string of the molecule is NC(=[NH2+])SCCN1C(=O)c2ccccc2C1=O.[Br-]. The fraction of sp³-hybridized carbons (Fsp3) is 0.182. The summed E-state index contributed by atoms with van der Waals surface area (Å²) < 4.78 is 0. The number of carbonyl (C=O) groups excluding carboxylic acids is 2. The Morgan fingerprint density at radius 2 is 1.72 bits per heavy atom. The molecule has 0 unspecified atom stereocenters. The number of nitrogens with zero attached hydrogens (tertiary/aromatic N) is 1. The molecule has 7 heteroatoms. The standard InChI is InChI=1S/C11H11N3O2S.BrH/c12-11(13)17-6-5-14-9(15)7-3-1-2-4-8(7)10(14)16;/h1-4H,5-6H2,(H3,12,13);1H. The molecule has 4 N–H and O–H groups in total. The highest BCUT2D eigenvalue weighted by Crippen LogP contribution is 2.22. The molecule has 0 aromatic heterocycles. The monoisotopic (exact) mass is 329 g/mol. The van der Waals surface area contributed by atoms with E-state index >= 15 is 0 Å². The Morgan fingerprint density at radius 3 is 2.17 bits per heavy atom. The molecule has 0 atom stereocenters. The number of thioether (sulfide) groups is 1. The Morgan fingerprint density at radius 1 is 1.22 bits per heavy atom. The lowest BCUT2D eigenvalue weighted by atomic mass is 10.1. The molecule has 2 amide bonds. The number of fused-ring (bicyclic) bond motifs is 1. The van der Waals surface area contributed by atoms with Gasteiger partial charge >= 0.3 is 0 Å². The number of benzene rings is 1.